The third-order valence-electron chi connectivity index (χ3n) is 8.86. The third kappa shape index (κ3) is 5.61. The van der Waals surface area contributed by atoms with E-state index in [1.807, 2.05) is 127 Å². The molecule has 0 heterocycles. The van der Waals surface area contributed by atoms with E-state index < -0.39 is 0 Å². The molecule has 0 aromatic heterocycles. The fraction of sp³-hybridized carbons (Fsp3) is 0. The van der Waals surface area contributed by atoms with E-state index in [1.165, 1.54) is 0 Å². The molecule has 0 aliphatic rings. The zero-order valence-electron chi connectivity index (χ0n) is 25.8. The molecular weight excluding hydrogens is 559 g/mol. The van der Waals surface area contributed by atoms with Crippen LogP contribution in [0.25, 0.3) is 66.8 Å². The lowest BCUT2D eigenvalue weighted by Gasteiger charge is -2.21. The highest BCUT2D eigenvalue weighted by atomic mass is 14.2. The maximum absolute atomic E-state index is 6.96. The monoisotopic (exact) mass is 584 g/mol. The first-order valence-corrected chi connectivity index (χ1v) is 15.5. The molecule has 7 aromatic carbocycles. The molecule has 7 rings (SSSR count). The fourth-order valence-corrected chi connectivity index (χ4v) is 6.44. The zero-order chi connectivity index (χ0) is 32.5. The van der Waals surface area contributed by atoms with Crippen molar-refractivity contribution in [1.82, 2.24) is 0 Å². The molecule has 7 aromatic rings. The number of benzene rings is 7. The van der Waals surface area contributed by atoms with Gasteiger partial charge in [0.2, 0.25) is 0 Å². The number of hydrogen-bond donors (Lipinski definition) is 0. The van der Waals surface area contributed by atoms with Crippen molar-refractivity contribution in [3.8, 4) is 66.8 Å². The van der Waals surface area contributed by atoms with Gasteiger partial charge in [0.1, 0.15) is 39.2 Å². The maximum Gasteiger partial charge on any atom is 0.115 e. The third-order valence-corrected chi connectivity index (χ3v) is 8.86. The zero-order valence-corrected chi connectivity index (χ0v) is 25.8. The van der Waals surface area contributed by atoms with Gasteiger partial charge in [-0.2, -0.15) is 0 Å². The van der Waals surface area contributed by atoms with Crippen molar-refractivity contribution in [1.29, 1.82) is 0 Å². The minimum atomic E-state index is 0.581. The van der Waals surface area contributed by atoms with Crippen LogP contribution >= 0.6 is 0 Å². The fourth-order valence-electron chi connectivity index (χ4n) is 6.44. The molecule has 208 valence electrons. The van der Waals surface area contributed by atoms with Crippen LogP contribution in [-0.2, 0) is 0 Å². The first-order chi connectivity index (χ1) is 22.9. The first kappa shape index (κ1) is 30.5. The molecule has 0 saturated heterocycles. The molecule has 0 bridgehead atoms. The van der Waals surface area contributed by atoms with Gasteiger partial charge >= 0.3 is 0 Å². The quantitative estimate of drug-likeness (QED) is 0.222. The normalized spacial score (nSPS) is 11.0. The Balaban J connectivity index is 1.31. The van der Waals surface area contributed by atoms with Gasteiger partial charge < -0.3 is 0 Å². The molecule has 0 aliphatic heterocycles. The summed E-state index contributed by atoms with van der Waals surface area (Å²) >= 11 is 0. The lowest BCUT2D eigenvalue weighted by atomic mass is 9.71. The Morgan fingerprint density at radius 3 is 0.617 bits per heavy atom. The van der Waals surface area contributed by atoms with E-state index in [0.717, 1.165) is 66.8 Å². The second-order valence-electron chi connectivity index (χ2n) is 11.6. The minimum Gasteiger partial charge on any atom is -0.0813 e. The van der Waals surface area contributed by atoms with Crippen LogP contribution in [0.15, 0.2) is 152 Å². The predicted molar refractivity (Wildman–Crippen MR) is 206 cm³/mol. The average molecular weight is 584 g/mol. The Bertz CT molecular complexity index is 2080. The maximum atomic E-state index is 6.96. The Kier molecular flexibility index (Phi) is 8.40. The van der Waals surface area contributed by atoms with Gasteiger partial charge in [-0.1, -0.05) is 179 Å². The van der Waals surface area contributed by atoms with Crippen LogP contribution in [0.4, 0.5) is 0 Å². The second kappa shape index (κ2) is 12.9. The predicted octanol–water partition coefficient (Wildman–Crippen LogP) is 5.66. The lowest BCUT2D eigenvalue weighted by Crippen LogP contribution is -2.22. The first-order valence-electron chi connectivity index (χ1n) is 15.5. The van der Waals surface area contributed by atoms with Crippen LogP contribution in [-0.4, -0.2) is 39.2 Å². The van der Waals surface area contributed by atoms with Gasteiger partial charge in [0, 0.05) is 0 Å². The lowest BCUT2D eigenvalue weighted by molar-refractivity contribution is 1.61. The molecular formula is C42H25B5. The van der Waals surface area contributed by atoms with E-state index in [4.69, 9.17) is 39.2 Å². The molecule has 0 amide bonds. The van der Waals surface area contributed by atoms with E-state index >= 15 is 0 Å². The van der Waals surface area contributed by atoms with E-state index in [0.29, 0.717) is 27.3 Å². The Hall–Kier alpha value is -5.14. The van der Waals surface area contributed by atoms with Gasteiger partial charge in [0.05, 0.1) is 0 Å². The molecule has 0 aliphatic carbocycles. The summed E-state index contributed by atoms with van der Waals surface area (Å²) in [4.78, 5) is 0. The largest absolute Gasteiger partial charge is 0.115 e. The Labute approximate surface area is 284 Å². The number of hydrogen-bond acceptors (Lipinski definition) is 0. The molecule has 0 saturated carbocycles. The van der Waals surface area contributed by atoms with Crippen molar-refractivity contribution in [3.05, 3.63) is 152 Å². The van der Waals surface area contributed by atoms with Crippen LogP contribution in [0.2, 0.25) is 0 Å². The molecule has 47 heavy (non-hydrogen) atoms. The summed E-state index contributed by atoms with van der Waals surface area (Å²) in [7, 11) is 34.3. The van der Waals surface area contributed by atoms with Crippen molar-refractivity contribution in [2.24, 2.45) is 0 Å². The highest BCUT2D eigenvalue weighted by molar-refractivity contribution is 6.47. The van der Waals surface area contributed by atoms with Crippen molar-refractivity contribution >= 4 is 66.5 Å². The summed E-state index contributed by atoms with van der Waals surface area (Å²) in [5, 5.41) is 0. The van der Waals surface area contributed by atoms with Crippen LogP contribution in [0.1, 0.15) is 0 Å². The summed E-state index contributed by atoms with van der Waals surface area (Å²) in [6.07, 6.45) is 0. The average Bonchev–Trinajstić information content (AvgIpc) is 3.10. The minimum absolute atomic E-state index is 0.581. The van der Waals surface area contributed by atoms with Gasteiger partial charge in [-0.25, -0.2) is 0 Å². The van der Waals surface area contributed by atoms with Crippen molar-refractivity contribution < 1.29 is 0 Å². The van der Waals surface area contributed by atoms with Crippen LogP contribution in [0.3, 0.4) is 0 Å². The molecule has 0 nitrogen and oxygen atoms in total. The van der Waals surface area contributed by atoms with Gasteiger partial charge in [-0.15, -0.1) is 0 Å². The van der Waals surface area contributed by atoms with Crippen LogP contribution < -0.4 is 27.3 Å². The van der Waals surface area contributed by atoms with Crippen LogP contribution in [0, 0.1) is 0 Å². The summed E-state index contributed by atoms with van der Waals surface area (Å²) in [5.74, 6) is 0. The SMILES string of the molecule is [B]c1c(-c2ccccc2)cccc1-c1cccc(-c2cccc(-c3cccc(-c4cccc(-c5ccccc5)c4[B])c3[B])c2[B])c1[B]. The van der Waals surface area contributed by atoms with Gasteiger partial charge in [-0.05, 0) is 66.8 Å². The van der Waals surface area contributed by atoms with Gasteiger partial charge in [-0.3, -0.25) is 0 Å². The Morgan fingerprint density at radius 2 is 0.383 bits per heavy atom. The summed E-state index contributed by atoms with van der Waals surface area (Å²) in [6.45, 7) is 0. The summed E-state index contributed by atoms with van der Waals surface area (Å²) in [6, 6.07) is 50.2. The van der Waals surface area contributed by atoms with Gasteiger partial charge in [0.15, 0.2) is 0 Å². The van der Waals surface area contributed by atoms with Gasteiger partial charge in [0.25, 0.3) is 0 Å². The molecule has 0 spiro atoms. The van der Waals surface area contributed by atoms with E-state index in [-0.39, 0.29) is 0 Å². The molecule has 0 atom stereocenters. The molecule has 5 heteroatoms. The van der Waals surface area contributed by atoms with E-state index in [2.05, 4.69) is 24.3 Å². The van der Waals surface area contributed by atoms with E-state index in [9.17, 15) is 0 Å². The second-order valence-corrected chi connectivity index (χ2v) is 11.6. The highest BCUT2D eigenvalue weighted by Gasteiger charge is 2.17. The topological polar surface area (TPSA) is 0 Å². The highest BCUT2D eigenvalue weighted by Crippen LogP contribution is 2.29. The van der Waals surface area contributed by atoms with Crippen molar-refractivity contribution in [3.63, 3.8) is 0 Å². The summed E-state index contributed by atoms with van der Waals surface area (Å²) < 4.78 is 0. The van der Waals surface area contributed by atoms with Crippen LogP contribution in [0.5, 0.6) is 0 Å². The molecule has 0 fully saturated rings. The van der Waals surface area contributed by atoms with Crippen molar-refractivity contribution in [2.45, 2.75) is 0 Å². The van der Waals surface area contributed by atoms with Crippen molar-refractivity contribution in [2.75, 3.05) is 0 Å². The Morgan fingerprint density at radius 1 is 0.191 bits per heavy atom. The summed E-state index contributed by atoms with van der Waals surface area (Å²) in [5.41, 5.74) is 13.8. The standard InChI is InChI=1S/C42H25B5/c43-38-28(26-12-3-1-4-13-26)16-7-18-30(38)32-20-9-22-34(40(32)45)36-24-11-25-37(42(36)47)35-23-10-21-33(41(35)46)31-19-8-17-29(39(31)44)27-14-5-2-6-15-27/h1-25H. The smallest absolute Gasteiger partial charge is 0.0813 e. The van der Waals surface area contributed by atoms with E-state index in [1.54, 1.807) is 0 Å². The molecule has 0 unspecified atom stereocenters. The molecule has 10 radical (unpaired) electrons. The molecule has 0 N–H and O–H groups in total. The number of rotatable bonds is 6.